The van der Waals surface area contributed by atoms with Crippen molar-refractivity contribution < 1.29 is 24.4 Å². The van der Waals surface area contributed by atoms with E-state index in [2.05, 4.69) is 0 Å². The number of aryl methyl sites for hydroxylation is 1. The van der Waals surface area contributed by atoms with E-state index in [0.717, 1.165) is 33.9 Å². The number of hydrogen-bond donors (Lipinski definition) is 1. The number of rotatable bonds is 6. The van der Waals surface area contributed by atoms with Gasteiger partial charge in [0.05, 0.1) is 23.0 Å². The molecule has 29 heavy (non-hydrogen) atoms. The molecule has 0 unspecified atom stereocenters. The molecule has 2 amide bonds. The molecule has 1 heterocycles. The first-order chi connectivity index (χ1) is 13.8. The second-order valence-electron chi connectivity index (χ2n) is 6.33. The van der Waals surface area contributed by atoms with Crippen molar-refractivity contribution in [2.45, 2.75) is 20.4 Å². The number of phenolic OH excluding ortho intramolecular Hbond substituents is 1. The molecule has 2 aromatic carbocycles. The van der Waals surface area contributed by atoms with Gasteiger partial charge in [-0.3, -0.25) is 24.6 Å². The molecule has 9 heteroatoms. The molecule has 1 N–H and O–H groups in total. The van der Waals surface area contributed by atoms with Gasteiger partial charge in [-0.15, -0.1) is 0 Å². The molecule has 8 nitrogen and oxygen atoms in total. The number of carbonyl (C=O) groups excluding carboxylic acids is 2. The molecule has 1 fully saturated rings. The maximum Gasteiger partial charge on any atom is 0.315 e. The van der Waals surface area contributed by atoms with Crippen molar-refractivity contribution >= 4 is 34.7 Å². The maximum atomic E-state index is 12.7. The van der Waals surface area contributed by atoms with Crippen LogP contribution < -0.4 is 4.74 Å². The molecule has 0 radical (unpaired) electrons. The zero-order valence-corrected chi connectivity index (χ0v) is 16.6. The fourth-order valence-corrected chi connectivity index (χ4v) is 3.60. The predicted molar refractivity (Wildman–Crippen MR) is 109 cm³/mol. The molecule has 0 bridgehead atoms. The SMILES string of the molecule is CCOc1cc(/C=C2\SC(=O)N(Cc3ccc(C)cc3)C2=O)cc([N+](=O)[O-])c1O. The number of carbonyl (C=O) groups is 2. The third-order valence-electron chi connectivity index (χ3n) is 4.21. The Kier molecular flexibility index (Phi) is 5.88. The summed E-state index contributed by atoms with van der Waals surface area (Å²) in [7, 11) is 0. The minimum Gasteiger partial charge on any atom is -0.500 e. The number of hydrogen-bond acceptors (Lipinski definition) is 7. The molecule has 0 aromatic heterocycles. The summed E-state index contributed by atoms with van der Waals surface area (Å²) >= 11 is 0.762. The standard InChI is InChI=1S/C20H18N2O6S/c1-3-28-16-9-14(8-15(18(16)23)22(26)27)10-17-19(24)21(20(25)29-17)11-13-6-4-12(2)5-7-13/h4-10,23H,3,11H2,1-2H3/b17-10-. The molecule has 150 valence electrons. The summed E-state index contributed by atoms with van der Waals surface area (Å²) in [4.78, 5) is 36.7. The zero-order valence-electron chi connectivity index (χ0n) is 15.7. The van der Waals surface area contributed by atoms with Crippen molar-refractivity contribution in [2.24, 2.45) is 0 Å². The number of nitrogens with zero attached hydrogens (tertiary/aromatic N) is 2. The van der Waals surface area contributed by atoms with Gasteiger partial charge in [-0.05, 0) is 48.9 Å². The van der Waals surface area contributed by atoms with Crippen LogP contribution in [0.15, 0.2) is 41.3 Å². The largest absolute Gasteiger partial charge is 0.500 e. The number of nitro groups is 1. The highest BCUT2D eigenvalue weighted by atomic mass is 32.2. The summed E-state index contributed by atoms with van der Waals surface area (Å²) in [6.45, 7) is 3.96. The molecule has 0 aliphatic carbocycles. The first kappa shape index (κ1) is 20.4. The van der Waals surface area contributed by atoms with Crippen LogP contribution in [0.1, 0.15) is 23.6 Å². The van der Waals surface area contributed by atoms with Crippen molar-refractivity contribution in [1.82, 2.24) is 4.90 Å². The molecule has 0 spiro atoms. The first-order valence-corrected chi connectivity index (χ1v) is 9.57. The third-order valence-corrected chi connectivity index (χ3v) is 5.11. The minimum atomic E-state index is -0.738. The van der Waals surface area contributed by atoms with Gasteiger partial charge in [-0.1, -0.05) is 29.8 Å². The average Bonchev–Trinajstić information content (AvgIpc) is 2.93. The smallest absolute Gasteiger partial charge is 0.315 e. The molecule has 2 aromatic rings. The molecule has 3 rings (SSSR count). The Labute approximate surface area is 170 Å². The van der Waals surface area contributed by atoms with E-state index in [1.165, 1.54) is 12.1 Å². The monoisotopic (exact) mass is 414 g/mol. The number of aromatic hydroxyl groups is 1. The van der Waals surface area contributed by atoms with Crippen molar-refractivity contribution in [3.63, 3.8) is 0 Å². The third kappa shape index (κ3) is 4.40. The van der Waals surface area contributed by atoms with Gasteiger partial charge >= 0.3 is 5.69 Å². The van der Waals surface area contributed by atoms with E-state index in [0.29, 0.717) is 0 Å². The maximum absolute atomic E-state index is 12.7. The molecular formula is C20H18N2O6S. The zero-order chi connectivity index (χ0) is 21.1. The highest BCUT2D eigenvalue weighted by Gasteiger charge is 2.35. The minimum absolute atomic E-state index is 0.0631. The van der Waals surface area contributed by atoms with Crippen LogP contribution in [0.25, 0.3) is 6.08 Å². The molecule has 1 aliphatic heterocycles. The summed E-state index contributed by atoms with van der Waals surface area (Å²) in [6.07, 6.45) is 1.38. The number of imide groups is 1. The summed E-state index contributed by atoms with van der Waals surface area (Å²) in [5.74, 6) is -1.12. The van der Waals surface area contributed by atoms with Gasteiger partial charge in [0.1, 0.15) is 0 Å². The van der Waals surface area contributed by atoms with Crippen LogP contribution in [0.2, 0.25) is 0 Å². The fraction of sp³-hybridized carbons (Fsp3) is 0.200. The van der Waals surface area contributed by atoms with Crippen LogP contribution in [-0.4, -0.2) is 32.7 Å². The number of thioether (sulfide) groups is 1. The molecular weight excluding hydrogens is 396 g/mol. The Morgan fingerprint density at radius 2 is 1.93 bits per heavy atom. The van der Waals surface area contributed by atoms with Gasteiger partial charge in [0.15, 0.2) is 5.75 Å². The van der Waals surface area contributed by atoms with Crippen LogP contribution >= 0.6 is 11.8 Å². The van der Waals surface area contributed by atoms with E-state index in [1.54, 1.807) is 6.92 Å². The van der Waals surface area contributed by atoms with Gasteiger partial charge in [0, 0.05) is 6.07 Å². The Balaban J connectivity index is 1.90. The average molecular weight is 414 g/mol. The lowest BCUT2D eigenvalue weighted by Gasteiger charge is -2.12. The number of ether oxygens (including phenoxy) is 1. The highest BCUT2D eigenvalue weighted by Crippen LogP contribution is 2.39. The second-order valence-corrected chi connectivity index (χ2v) is 7.32. The van der Waals surface area contributed by atoms with Crippen molar-refractivity contribution in [3.8, 4) is 11.5 Å². The summed E-state index contributed by atoms with van der Waals surface area (Å²) in [6, 6.07) is 10.0. The Morgan fingerprint density at radius 1 is 1.24 bits per heavy atom. The number of nitro benzene ring substituents is 1. The predicted octanol–water partition coefficient (Wildman–Crippen LogP) is 4.24. The lowest BCUT2D eigenvalue weighted by molar-refractivity contribution is -0.386. The molecule has 1 saturated heterocycles. The van der Waals surface area contributed by atoms with E-state index in [9.17, 15) is 24.8 Å². The topological polar surface area (TPSA) is 110 Å². The highest BCUT2D eigenvalue weighted by molar-refractivity contribution is 8.18. The van der Waals surface area contributed by atoms with Crippen molar-refractivity contribution in [1.29, 1.82) is 0 Å². The van der Waals surface area contributed by atoms with E-state index < -0.39 is 27.5 Å². The second kappa shape index (κ2) is 8.36. The van der Waals surface area contributed by atoms with Gasteiger partial charge in [-0.25, -0.2) is 0 Å². The number of phenols is 1. The van der Waals surface area contributed by atoms with Crippen LogP contribution in [0.5, 0.6) is 11.5 Å². The van der Waals surface area contributed by atoms with Gasteiger partial charge in [0.2, 0.25) is 5.75 Å². The van der Waals surface area contributed by atoms with E-state index in [-0.39, 0.29) is 29.4 Å². The summed E-state index contributed by atoms with van der Waals surface area (Å²) in [5, 5.41) is 20.8. The van der Waals surface area contributed by atoms with Crippen molar-refractivity contribution in [2.75, 3.05) is 6.61 Å². The summed E-state index contributed by atoms with van der Waals surface area (Å²) < 4.78 is 5.24. The lowest BCUT2D eigenvalue weighted by atomic mass is 10.1. The van der Waals surface area contributed by atoms with Gasteiger partial charge in [0.25, 0.3) is 11.1 Å². The Morgan fingerprint density at radius 3 is 2.55 bits per heavy atom. The Hall–Kier alpha value is -3.33. The quantitative estimate of drug-likeness (QED) is 0.427. The Bertz CT molecular complexity index is 1020. The van der Waals surface area contributed by atoms with Crippen LogP contribution in [0.4, 0.5) is 10.5 Å². The summed E-state index contributed by atoms with van der Waals surface area (Å²) in [5.41, 5.74) is 1.62. The van der Waals surface area contributed by atoms with Crippen LogP contribution in [-0.2, 0) is 11.3 Å². The van der Waals surface area contributed by atoms with Crippen LogP contribution in [0, 0.1) is 17.0 Å². The first-order valence-electron chi connectivity index (χ1n) is 8.75. The molecule has 0 atom stereocenters. The normalized spacial score (nSPS) is 15.2. The molecule has 0 saturated carbocycles. The van der Waals surface area contributed by atoms with Crippen LogP contribution in [0.3, 0.4) is 0 Å². The van der Waals surface area contributed by atoms with Crippen molar-refractivity contribution in [3.05, 3.63) is 68.1 Å². The fourth-order valence-electron chi connectivity index (χ4n) is 2.77. The van der Waals surface area contributed by atoms with E-state index >= 15 is 0 Å². The van der Waals surface area contributed by atoms with Gasteiger partial charge < -0.3 is 9.84 Å². The number of amides is 2. The number of benzene rings is 2. The van der Waals surface area contributed by atoms with E-state index in [1.807, 2.05) is 31.2 Å². The molecule has 1 aliphatic rings. The van der Waals surface area contributed by atoms with Gasteiger partial charge in [-0.2, -0.15) is 0 Å². The van der Waals surface area contributed by atoms with E-state index in [4.69, 9.17) is 4.74 Å². The lowest BCUT2D eigenvalue weighted by Crippen LogP contribution is -2.27.